The van der Waals surface area contributed by atoms with Crippen LogP contribution in [0.25, 0.3) is 0 Å². The fourth-order valence-corrected chi connectivity index (χ4v) is 3.94. The van der Waals surface area contributed by atoms with Crippen molar-refractivity contribution in [2.75, 3.05) is 26.2 Å². The van der Waals surface area contributed by atoms with Gasteiger partial charge in [0.05, 0.1) is 0 Å². The molecule has 0 spiro atoms. The summed E-state index contributed by atoms with van der Waals surface area (Å²) in [5.74, 6) is 0. The fourth-order valence-electron chi connectivity index (χ4n) is 3.94. The molecule has 0 aromatic carbocycles. The Kier molecular flexibility index (Phi) is 4.87. The van der Waals surface area contributed by atoms with Crippen LogP contribution in [0.5, 0.6) is 0 Å². The Balaban J connectivity index is 1.82. The topological polar surface area (TPSA) is 15.3 Å². The van der Waals surface area contributed by atoms with E-state index >= 15 is 0 Å². The second kappa shape index (κ2) is 6.19. The number of rotatable bonds is 5. The standard InChI is InChI=1S/C15H30N2/c1-3-8-15(9-4-2)12-17(13-15)14-6-5-10-16-11-7-14/h14,16H,3-13H2,1-2H3. The Morgan fingerprint density at radius 1 is 1.06 bits per heavy atom. The third-order valence-corrected chi connectivity index (χ3v) is 4.70. The summed E-state index contributed by atoms with van der Waals surface area (Å²) in [7, 11) is 0. The van der Waals surface area contributed by atoms with E-state index in [2.05, 4.69) is 24.1 Å². The van der Waals surface area contributed by atoms with Crippen LogP contribution in [0.2, 0.25) is 0 Å². The second-order valence-corrected chi connectivity index (χ2v) is 6.24. The first kappa shape index (κ1) is 13.4. The molecule has 2 saturated heterocycles. The summed E-state index contributed by atoms with van der Waals surface area (Å²) in [6.45, 7) is 9.93. The van der Waals surface area contributed by atoms with Crippen LogP contribution in [-0.2, 0) is 0 Å². The van der Waals surface area contributed by atoms with Gasteiger partial charge in [-0.1, -0.05) is 26.7 Å². The molecule has 0 saturated carbocycles. The average molecular weight is 238 g/mol. The molecule has 2 rings (SSSR count). The van der Waals surface area contributed by atoms with Gasteiger partial charge >= 0.3 is 0 Å². The van der Waals surface area contributed by atoms with Crippen molar-refractivity contribution in [3.63, 3.8) is 0 Å². The minimum Gasteiger partial charge on any atom is -0.317 e. The maximum absolute atomic E-state index is 3.52. The van der Waals surface area contributed by atoms with Crippen molar-refractivity contribution in [2.24, 2.45) is 5.41 Å². The Morgan fingerprint density at radius 2 is 1.76 bits per heavy atom. The number of nitrogens with zero attached hydrogens (tertiary/aromatic N) is 1. The molecule has 2 heteroatoms. The first-order chi connectivity index (χ1) is 8.29. The minimum atomic E-state index is 0.698. The van der Waals surface area contributed by atoms with Gasteiger partial charge in [0.25, 0.3) is 0 Å². The lowest BCUT2D eigenvalue weighted by molar-refractivity contribution is -0.0467. The summed E-state index contributed by atoms with van der Waals surface area (Å²) in [6, 6.07) is 0.881. The fraction of sp³-hybridized carbons (Fsp3) is 1.00. The van der Waals surface area contributed by atoms with Gasteiger partial charge in [-0.3, -0.25) is 4.90 Å². The van der Waals surface area contributed by atoms with Crippen molar-refractivity contribution in [1.82, 2.24) is 10.2 Å². The smallest absolute Gasteiger partial charge is 0.0108 e. The maximum Gasteiger partial charge on any atom is 0.0108 e. The molecule has 0 bridgehead atoms. The van der Waals surface area contributed by atoms with Crippen LogP contribution in [0.3, 0.4) is 0 Å². The van der Waals surface area contributed by atoms with Gasteiger partial charge in [-0.15, -0.1) is 0 Å². The number of hydrogen-bond acceptors (Lipinski definition) is 2. The Bertz CT molecular complexity index is 205. The number of hydrogen-bond donors (Lipinski definition) is 1. The summed E-state index contributed by atoms with van der Waals surface area (Å²) < 4.78 is 0. The van der Waals surface area contributed by atoms with Crippen LogP contribution in [0.1, 0.15) is 58.8 Å². The lowest BCUT2D eigenvalue weighted by atomic mass is 9.71. The highest BCUT2D eigenvalue weighted by molar-refractivity contribution is 4.97. The van der Waals surface area contributed by atoms with Gasteiger partial charge in [-0.05, 0) is 50.6 Å². The molecule has 17 heavy (non-hydrogen) atoms. The molecule has 0 aliphatic carbocycles. The van der Waals surface area contributed by atoms with Crippen molar-refractivity contribution in [3.05, 3.63) is 0 Å². The summed E-state index contributed by atoms with van der Waals surface area (Å²) in [6.07, 6.45) is 9.77. The SMILES string of the molecule is CCCC1(CCC)CN(C2CCCNCC2)C1. The van der Waals surface area contributed by atoms with E-state index < -0.39 is 0 Å². The molecule has 0 amide bonds. The minimum absolute atomic E-state index is 0.698. The highest BCUT2D eigenvalue weighted by Gasteiger charge is 2.43. The molecule has 1 N–H and O–H groups in total. The molecule has 0 aromatic heterocycles. The monoisotopic (exact) mass is 238 g/mol. The van der Waals surface area contributed by atoms with Crippen molar-refractivity contribution >= 4 is 0 Å². The highest BCUT2D eigenvalue weighted by Crippen LogP contribution is 2.41. The predicted octanol–water partition coefficient (Wildman–Crippen LogP) is 3.03. The van der Waals surface area contributed by atoms with Crippen molar-refractivity contribution in [2.45, 2.75) is 64.8 Å². The van der Waals surface area contributed by atoms with Gasteiger partial charge in [-0.25, -0.2) is 0 Å². The quantitative estimate of drug-likeness (QED) is 0.792. The number of likely N-dealkylation sites (tertiary alicyclic amines) is 1. The summed E-state index contributed by atoms with van der Waals surface area (Å²) in [4.78, 5) is 2.78. The lowest BCUT2D eigenvalue weighted by Crippen LogP contribution is -2.59. The van der Waals surface area contributed by atoms with E-state index in [4.69, 9.17) is 0 Å². The zero-order valence-electron chi connectivity index (χ0n) is 11.8. The zero-order valence-corrected chi connectivity index (χ0v) is 11.8. The molecule has 1 unspecified atom stereocenters. The van der Waals surface area contributed by atoms with Gasteiger partial charge in [-0.2, -0.15) is 0 Å². The van der Waals surface area contributed by atoms with E-state index in [0.29, 0.717) is 5.41 Å². The van der Waals surface area contributed by atoms with Gasteiger partial charge in [0.2, 0.25) is 0 Å². The van der Waals surface area contributed by atoms with E-state index in [1.165, 1.54) is 71.1 Å². The van der Waals surface area contributed by atoms with Gasteiger partial charge in [0.1, 0.15) is 0 Å². The third-order valence-electron chi connectivity index (χ3n) is 4.70. The van der Waals surface area contributed by atoms with E-state index in [9.17, 15) is 0 Å². The molecule has 100 valence electrons. The van der Waals surface area contributed by atoms with Gasteiger partial charge in [0.15, 0.2) is 0 Å². The zero-order chi connectivity index (χ0) is 12.1. The first-order valence-electron chi connectivity index (χ1n) is 7.74. The number of nitrogens with one attached hydrogen (secondary N) is 1. The molecule has 0 aromatic rings. The van der Waals surface area contributed by atoms with Crippen LogP contribution < -0.4 is 5.32 Å². The van der Waals surface area contributed by atoms with Crippen LogP contribution >= 0.6 is 0 Å². The Labute approximate surface area is 107 Å². The van der Waals surface area contributed by atoms with E-state index in [1.807, 2.05) is 0 Å². The molecule has 2 aliphatic heterocycles. The summed E-state index contributed by atoms with van der Waals surface area (Å²) >= 11 is 0. The molecule has 2 heterocycles. The molecule has 2 fully saturated rings. The highest BCUT2D eigenvalue weighted by atomic mass is 15.2. The maximum atomic E-state index is 3.52. The first-order valence-corrected chi connectivity index (χ1v) is 7.74. The van der Waals surface area contributed by atoms with E-state index in [0.717, 1.165) is 6.04 Å². The van der Waals surface area contributed by atoms with Crippen LogP contribution in [0.4, 0.5) is 0 Å². The molecular formula is C15H30N2. The van der Waals surface area contributed by atoms with Crippen molar-refractivity contribution in [1.29, 1.82) is 0 Å². The second-order valence-electron chi connectivity index (χ2n) is 6.24. The molecule has 1 atom stereocenters. The molecule has 2 nitrogen and oxygen atoms in total. The Morgan fingerprint density at radius 3 is 2.41 bits per heavy atom. The van der Waals surface area contributed by atoms with Crippen molar-refractivity contribution < 1.29 is 0 Å². The summed E-state index contributed by atoms with van der Waals surface area (Å²) in [5, 5.41) is 3.52. The summed E-state index contributed by atoms with van der Waals surface area (Å²) in [5.41, 5.74) is 0.698. The normalized spacial score (nSPS) is 29.6. The predicted molar refractivity (Wildman–Crippen MR) is 74.3 cm³/mol. The molecule has 2 aliphatic rings. The largest absolute Gasteiger partial charge is 0.317 e. The van der Waals surface area contributed by atoms with Crippen LogP contribution in [-0.4, -0.2) is 37.1 Å². The van der Waals surface area contributed by atoms with Gasteiger partial charge < -0.3 is 5.32 Å². The van der Waals surface area contributed by atoms with E-state index in [-0.39, 0.29) is 0 Å². The lowest BCUT2D eigenvalue weighted by Gasteiger charge is -2.54. The molecular weight excluding hydrogens is 208 g/mol. The average Bonchev–Trinajstić information content (AvgIpc) is 2.54. The third kappa shape index (κ3) is 3.23. The van der Waals surface area contributed by atoms with E-state index in [1.54, 1.807) is 0 Å². The Hall–Kier alpha value is -0.0800. The van der Waals surface area contributed by atoms with Crippen LogP contribution in [0.15, 0.2) is 0 Å². The van der Waals surface area contributed by atoms with Crippen molar-refractivity contribution in [3.8, 4) is 0 Å². The van der Waals surface area contributed by atoms with Gasteiger partial charge in [0, 0.05) is 19.1 Å². The molecule has 0 radical (unpaired) electrons. The van der Waals surface area contributed by atoms with Crippen LogP contribution in [0, 0.1) is 5.41 Å².